The highest BCUT2D eigenvalue weighted by atomic mass is 16.5. The van der Waals surface area contributed by atoms with Crippen LogP contribution in [-0.2, 0) is 9.47 Å². The number of esters is 2. The van der Waals surface area contributed by atoms with Gasteiger partial charge in [0.1, 0.15) is 0 Å². The van der Waals surface area contributed by atoms with Gasteiger partial charge in [0.05, 0.1) is 24.3 Å². The number of hydrogen-bond donors (Lipinski definition) is 0. The van der Waals surface area contributed by atoms with E-state index >= 15 is 0 Å². The van der Waals surface area contributed by atoms with Gasteiger partial charge in [-0.15, -0.1) is 0 Å². The zero-order chi connectivity index (χ0) is 18.8. The van der Waals surface area contributed by atoms with Crippen molar-refractivity contribution >= 4 is 11.9 Å². The van der Waals surface area contributed by atoms with Gasteiger partial charge >= 0.3 is 11.9 Å². The average molecular weight is 354 g/mol. The molecule has 4 heteroatoms. The Labute approximate surface area is 155 Å². The number of hydrogen-bond acceptors (Lipinski definition) is 4. The summed E-state index contributed by atoms with van der Waals surface area (Å²) in [6.45, 7) is 4.99. The van der Waals surface area contributed by atoms with Gasteiger partial charge in [-0.1, -0.05) is 51.0 Å². The van der Waals surface area contributed by atoms with E-state index < -0.39 is 0 Å². The lowest BCUT2D eigenvalue weighted by Gasteiger charge is -2.08. The number of unbranched alkanes of at least 4 members (excludes halogenated alkanes) is 2. The van der Waals surface area contributed by atoms with Gasteiger partial charge in [-0.05, 0) is 48.2 Å². The Bertz CT molecular complexity index is 719. The number of ether oxygens (including phenoxy) is 2. The maximum absolute atomic E-state index is 12.1. The summed E-state index contributed by atoms with van der Waals surface area (Å²) in [6.07, 6.45) is 3.70. The van der Waals surface area contributed by atoms with Gasteiger partial charge in [-0.3, -0.25) is 0 Å². The van der Waals surface area contributed by atoms with Crippen molar-refractivity contribution in [3.05, 3.63) is 59.7 Å². The number of rotatable bonds is 9. The third-order valence-corrected chi connectivity index (χ3v) is 4.01. The van der Waals surface area contributed by atoms with E-state index in [1.807, 2.05) is 30.3 Å². The van der Waals surface area contributed by atoms with Crippen LogP contribution in [0.3, 0.4) is 0 Å². The van der Waals surface area contributed by atoms with E-state index in [9.17, 15) is 9.59 Å². The van der Waals surface area contributed by atoms with Crippen LogP contribution in [0.2, 0.25) is 0 Å². The third kappa shape index (κ3) is 5.73. The largest absolute Gasteiger partial charge is 0.462 e. The van der Waals surface area contributed by atoms with E-state index in [1.54, 1.807) is 18.2 Å². The monoisotopic (exact) mass is 354 g/mol. The molecule has 0 aliphatic rings. The Kier molecular flexibility index (Phi) is 7.87. The van der Waals surface area contributed by atoms with Crippen LogP contribution in [0.15, 0.2) is 48.5 Å². The smallest absolute Gasteiger partial charge is 0.338 e. The van der Waals surface area contributed by atoms with Crippen LogP contribution in [0, 0.1) is 0 Å². The summed E-state index contributed by atoms with van der Waals surface area (Å²) in [4.78, 5) is 24.0. The fourth-order valence-corrected chi connectivity index (χ4v) is 2.41. The molecule has 4 nitrogen and oxygen atoms in total. The molecule has 0 heterocycles. The van der Waals surface area contributed by atoms with Gasteiger partial charge in [-0.2, -0.15) is 0 Å². The maximum Gasteiger partial charge on any atom is 0.338 e. The van der Waals surface area contributed by atoms with Crippen LogP contribution >= 0.6 is 0 Å². The number of carbonyl (C=O) groups is 2. The summed E-state index contributed by atoms with van der Waals surface area (Å²) >= 11 is 0. The van der Waals surface area contributed by atoms with Gasteiger partial charge in [0, 0.05) is 0 Å². The molecule has 2 rings (SSSR count). The lowest BCUT2D eigenvalue weighted by atomic mass is 10.0. The fourth-order valence-electron chi connectivity index (χ4n) is 2.41. The first-order valence-electron chi connectivity index (χ1n) is 9.20. The minimum Gasteiger partial charge on any atom is -0.462 e. The summed E-state index contributed by atoms with van der Waals surface area (Å²) in [6, 6.07) is 14.5. The highest BCUT2D eigenvalue weighted by molar-refractivity contribution is 5.92. The van der Waals surface area contributed by atoms with Crippen molar-refractivity contribution in [2.45, 2.75) is 39.5 Å². The first-order valence-corrected chi connectivity index (χ1v) is 9.20. The molecule has 0 atom stereocenters. The van der Waals surface area contributed by atoms with Gasteiger partial charge in [0.15, 0.2) is 0 Å². The van der Waals surface area contributed by atoms with E-state index in [0.717, 1.165) is 36.8 Å². The molecule has 0 aliphatic heterocycles. The van der Waals surface area contributed by atoms with Crippen LogP contribution in [0.5, 0.6) is 0 Å². The van der Waals surface area contributed by atoms with Crippen molar-refractivity contribution in [2.75, 3.05) is 13.2 Å². The molecule has 0 saturated carbocycles. The second-order valence-electron chi connectivity index (χ2n) is 6.14. The topological polar surface area (TPSA) is 52.6 Å². The molecule has 138 valence electrons. The summed E-state index contributed by atoms with van der Waals surface area (Å²) in [5, 5.41) is 0. The summed E-state index contributed by atoms with van der Waals surface area (Å²) in [5.41, 5.74) is 2.89. The molecule has 0 aromatic heterocycles. The second-order valence-corrected chi connectivity index (χ2v) is 6.14. The summed E-state index contributed by atoms with van der Waals surface area (Å²) in [7, 11) is 0. The van der Waals surface area contributed by atoms with Gasteiger partial charge < -0.3 is 9.47 Å². The van der Waals surface area contributed by atoms with Crippen molar-refractivity contribution < 1.29 is 19.1 Å². The van der Waals surface area contributed by atoms with E-state index in [1.165, 1.54) is 0 Å². The Morgan fingerprint density at radius 3 is 1.88 bits per heavy atom. The number of carbonyl (C=O) groups excluding carboxylic acids is 2. The molecule has 0 aliphatic carbocycles. The van der Waals surface area contributed by atoms with Crippen molar-refractivity contribution in [3.8, 4) is 11.1 Å². The van der Waals surface area contributed by atoms with E-state index in [-0.39, 0.29) is 11.9 Å². The molecule has 2 aromatic rings. The minimum atomic E-state index is -0.309. The predicted molar refractivity (Wildman–Crippen MR) is 102 cm³/mol. The first kappa shape index (κ1) is 19.7. The molecule has 26 heavy (non-hydrogen) atoms. The summed E-state index contributed by atoms with van der Waals surface area (Å²) in [5.74, 6) is -0.616. The van der Waals surface area contributed by atoms with Gasteiger partial charge in [-0.25, -0.2) is 9.59 Å². The molecular weight excluding hydrogens is 328 g/mol. The zero-order valence-corrected chi connectivity index (χ0v) is 15.5. The highest BCUT2D eigenvalue weighted by Gasteiger charge is 2.10. The Morgan fingerprint density at radius 1 is 0.731 bits per heavy atom. The maximum atomic E-state index is 12.1. The van der Waals surface area contributed by atoms with Crippen LogP contribution in [0.4, 0.5) is 0 Å². The predicted octanol–water partition coefficient (Wildman–Crippen LogP) is 5.27. The van der Waals surface area contributed by atoms with E-state index in [0.29, 0.717) is 24.3 Å². The molecule has 0 fully saturated rings. The van der Waals surface area contributed by atoms with Crippen molar-refractivity contribution in [2.24, 2.45) is 0 Å². The standard InChI is InChI=1S/C22H26O4/c1-3-5-14-25-21(23)18-12-10-17(11-13-18)19-8-7-9-20(16-19)22(24)26-15-6-4-2/h7-13,16H,3-6,14-15H2,1-2H3. The van der Waals surface area contributed by atoms with Gasteiger partial charge in [0.25, 0.3) is 0 Å². The lowest BCUT2D eigenvalue weighted by molar-refractivity contribution is 0.0490. The molecule has 0 spiro atoms. The number of benzene rings is 2. The molecule has 0 bridgehead atoms. The average Bonchev–Trinajstić information content (AvgIpc) is 2.68. The van der Waals surface area contributed by atoms with Crippen LogP contribution in [0.25, 0.3) is 11.1 Å². The second kappa shape index (κ2) is 10.4. The molecule has 0 saturated heterocycles. The molecule has 0 radical (unpaired) electrons. The van der Waals surface area contributed by atoms with Crippen LogP contribution in [-0.4, -0.2) is 25.2 Å². The normalized spacial score (nSPS) is 10.4. The zero-order valence-electron chi connectivity index (χ0n) is 15.5. The SMILES string of the molecule is CCCCOC(=O)c1ccc(-c2cccc(C(=O)OCCCC)c2)cc1. The first-order chi connectivity index (χ1) is 12.7. The van der Waals surface area contributed by atoms with E-state index in [4.69, 9.17) is 9.47 Å². The van der Waals surface area contributed by atoms with Crippen molar-refractivity contribution in [1.29, 1.82) is 0 Å². The molecule has 2 aromatic carbocycles. The molecular formula is C22H26O4. The molecule has 0 unspecified atom stereocenters. The van der Waals surface area contributed by atoms with E-state index in [2.05, 4.69) is 13.8 Å². The Morgan fingerprint density at radius 2 is 1.31 bits per heavy atom. The third-order valence-electron chi connectivity index (χ3n) is 4.01. The fraction of sp³-hybridized carbons (Fsp3) is 0.364. The molecule has 0 N–H and O–H groups in total. The van der Waals surface area contributed by atoms with Gasteiger partial charge in [0.2, 0.25) is 0 Å². The minimum absolute atomic E-state index is 0.307. The van der Waals surface area contributed by atoms with Crippen LogP contribution in [0.1, 0.15) is 60.2 Å². The quantitative estimate of drug-likeness (QED) is 0.455. The van der Waals surface area contributed by atoms with Crippen molar-refractivity contribution in [1.82, 2.24) is 0 Å². The molecule has 0 amide bonds. The van der Waals surface area contributed by atoms with Crippen LogP contribution < -0.4 is 0 Å². The Balaban J connectivity index is 2.05. The summed E-state index contributed by atoms with van der Waals surface area (Å²) < 4.78 is 10.5. The Hall–Kier alpha value is -2.62. The lowest BCUT2D eigenvalue weighted by Crippen LogP contribution is -2.06. The van der Waals surface area contributed by atoms with Crippen molar-refractivity contribution in [3.63, 3.8) is 0 Å². The highest BCUT2D eigenvalue weighted by Crippen LogP contribution is 2.22.